The molecule has 98 valence electrons. The summed E-state index contributed by atoms with van der Waals surface area (Å²) in [7, 11) is 0.0478. The fraction of sp³-hybridized carbons (Fsp3) is 1.00. The van der Waals surface area contributed by atoms with Crippen LogP contribution in [0.15, 0.2) is 0 Å². The summed E-state index contributed by atoms with van der Waals surface area (Å²) in [5.41, 5.74) is -0.317. The lowest BCUT2D eigenvalue weighted by Gasteiger charge is -2.32. The van der Waals surface area contributed by atoms with E-state index in [1.54, 1.807) is 0 Å². The Hall–Kier alpha value is -0.0151. The van der Waals surface area contributed by atoms with E-state index in [4.69, 9.17) is 9.31 Å². The van der Waals surface area contributed by atoms with E-state index in [0.717, 1.165) is 5.92 Å². The molecule has 0 N–H and O–H groups in total. The Morgan fingerprint density at radius 2 is 1.65 bits per heavy atom. The fourth-order valence-corrected chi connectivity index (χ4v) is 2.66. The molecule has 0 aromatic rings. The molecule has 0 radical (unpaired) electrons. The maximum absolute atomic E-state index is 6.10. The lowest BCUT2D eigenvalue weighted by atomic mass is 9.80. The Morgan fingerprint density at radius 1 is 1.06 bits per heavy atom. The van der Waals surface area contributed by atoms with Crippen molar-refractivity contribution in [2.45, 2.75) is 83.7 Å². The zero-order valence-corrected chi connectivity index (χ0v) is 12.1. The van der Waals surface area contributed by atoms with E-state index >= 15 is 0 Å². The Bertz CT molecular complexity index is 259. The van der Waals surface area contributed by atoms with Crippen molar-refractivity contribution in [1.82, 2.24) is 0 Å². The quantitative estimate of drug-likeness (QED) is 0.531. The second-order valence-electron chi connectivity index (χ2n) is 6.78. The van der Waals surface area contributed by atoms with E-state index in [-0.39, 0.29) is 18.3 Å². The van der Waals surface area contributed by atoms with Gasteiger partial charge in [-0.3, -0.25) is 0 Å². The van der Waals surface area contributed by atoms with Crippen molar-refractivity contribution < 1.29 is 9.31 Å². The van der Waals surface area contributed by atoms with Gasteiger partial charge in [0.15, 0.2) is 0 Å². The van der Waals surface area contributed by atoms with Crippen LogP contribution in [-0.4, -0.2) is 18.3 Å². The molecule has 0 bridgehead atoms. The SMILES string of the molecule is CCCCCC1CC1B1OC(C)(C)C(C)(C)O1. The van der Waals surface area contributed by atoms with Crippen LogP contribution in [-0.2, 0) is 9.31 Å². The first kappa shape index (κ1) is 13.4. The van der Waals surface area contributed by atoms with Crippen LogP contribution in [0.25, 0.3) is 0 Å². The summed E-state index contributed by atoms with van der Waals surface area (Å²) in [5.74, 6) is 1.52. The van der Waals surface area contributed by atoms with Gasteiger partial charge in [0.2, 0.25) is 0 Å². The smallest absolute Gasteiger partial charge is 0.403 e. The highest BCUT2D eigenvalue weighted by molar-refractivity contribution is 6.48. The van der Waals surface area contributed by atoms with Gasteiger partial charge in [0.25, 0.3) is 0 Å². The average molecular weight is 238 g/mol. The predicted octanol–water partition coefficient (Wildman–Crippen LogP) is 4.05. The van der Waals surface area contributed by atoms with Gasteiger partial charge >= 0.3 is 7.12 Å². The maximum Gasteiger partial charge on any atom is 0.461 e. The van der Waals surface area contributed by atoms with Crippen molar-refractivity contribution in [1.29, 1.82) is 0 Å². The number of hydrogen-bond donors (Lipinski definition) is 0. The Morgan fingerprint density at radius 3 is 2.18 bits per heavy atom. The van der Waals surface area contributed by atoms with E-state index in [0.29, 0.717) is 5.82 Å². The molecule has 2 fully saturated rings. The average Bonchev–Trinajstić information content (AvgIpc) is 2.91. The molecule has 2 rings (SSSR count). The van der Waals surface area contributed by atoms with Crippen LogP contribution in [0, 0.1) is 5.92 Å². The summed E-state index contributed by atoms with van der Waals surface area (Å²) in [6, 6.07) is 0. The minimum absolute atomic E-state index is 0.0478. The van der Waals surface area contributed by atoms with E-state index in [2.05, 4.69) is 34.6 Å². The van der Waals surface area contributed by atoms with Gasteiger partial charge in [0.05, 0.1) is 11.2 Å². The second-order valence-corrected chi connectivity index (χ2v) is 6.78. The van der Waals surface area contributed by atoms with Gasteiger partial charge in [0, 0.05) is 0 Å². The van der Waals surface area contributed by atoms with Gasteiger partial charge in [-0.05, 0) is 45.9 Å². The molecule has 1 aliphatic carbocycles. The topological polar surface area (TPSA) is 18.5 Å². The molecule has 1 saturated carbocycles. The van der Waals surface area contributed by atoms with Crippen molar-refractivity contribution in [2.75, 3.05) is 0 Å². The summed E-state index contributed by atoms with van der Waals surface area (Å²) < 4.78 is 12.2. The van der Waals surface area contributed by atoms with Crippen LogP contribution >= 0.6 is 0 Å². The summed E-state index contributed by atoms with van der Waals surface area (Å²) in [6.07, 6.45) is 6.72. The lowest BCUT2D eigenvalue weighted by molar-refractivity contribution is 0.00578. The van der Waals surface area contributed by atoms with Crippen LogP contribution in [0.4, 0.5) is 0 Å². The summed E-state index contributed by atoms with van der Waals surface area (Å²) >= 11 is 0. The first-order valence-corrected chi connectivity index (χ1v) is 7.23. The van der Waals surface area contributed by atoms with Crippen LogP contribution in [0.1, 0.15) is 66.7 Å². The lowest BCUT2D eigenvalue weighted by Crippen LogP contribution is -2.41. The number of hydrogen-bond acceptors (Lipinski definition) is 2. The standard InChI is InChI=1S/C14H27BO2/c1-6-7-8-9-11-10-12(11)15-16-13(2,3)14(4,5)17-15/h11-12H,6-10H2,1-5H3. The third kappa shape index (κ3) is 2.71. The third-order valence-corrected chi connectivity index (χ3v) is 4.78. The molecule has 17 heavy (non-hydrogen) atoms. The predicted molar refractivity (Wildman–Crippen MR) is 72.1 cm³/mol. The van der Waals surface area contributed by atoms with E-state index in [1.807, 2.05) is 0 Å². The first-order chi connectivity index (χ1) is 7.87. The fourth-order valence-electron chi connectivity index (χ4n) is 2.66. The van der Waals surface area contributed by atoms with Crippen molar-refractivity contribution >= 4 is 7.12 Å². The first-order valence-electron chi connectivity index (χ1n) is 7.23. The summed E-state index contributed by atoms with van der Waals surface area (Å²) in [6.45, 7) is 10.8. The summed E-state index contributed by atoms with van der Waals surface area (Å²) in [5, 5.41) is 0. The largest absolute Gasteiger partial charge is 0.461 e. The summed E-state index contributed by atoms with van der Waals surface area (Å²) in [4.78, 5) is 0. The molecular weight excluding hydrogens is 211 g/mol. The zero-order chi connectivity index (χ0) is 12.7. The molecule has 0 aromatic heterocycles. The van der Waals surface area contributed by atoms with Gasteiger partial charge in [-0.15, -0.1) is 0 Å². The minimum atomic E-state index is -0.159. The highest BCUT2D eigenvalue weighted by atomic mass is 16.7. The number of unbranched alkanes of at least 4 members (excludes halogenated alkanes) is 2. The number of rotatable bonds is 5. The Balaban J connectivity index is 1.79. The van der Waals surface area contributed by atoms with Gasteiger partial charge < -0.3 is 9.31 Å². The maximum atomic E-state index is 6.10. The van der Waals surface area contributed by atoms with E-state index in [1.165, 1.54) is 32.1 Å². The van der Waals surface area contributed by atoms with Crippen molar-refractivity contribution in [3.05, 3.63) is 0 Å². The molecule has 2 atom stereocenters. The molecule has 2 nitrogen and oxygen atoms in total. The van der Waals surface area contributed by atoms with Crippen molar-refractivity contribution in [3.63, 3.8) is 0 Å². The molecule has 0 spiro atoms. The van der Waals surface area contributed by atoms with Crippen LogP contribution in [0.2, 0.25) is 5.82 Å². The minimum Gasteiger partial charge on any atom is -0.403 e. The Labute approximate surface area is 107 Å². The molecular formula is C14H27BO2. The van der Waals surface area contributed by atoms with Crippen LogP contribution in [0.3, 0.4) is 0 Å². The van der Waals surface area contributed by atoms with Crippen molar-refractivity contribution in [3.8, 4) is 0 Å². The molecule has 1 saturated heterocycles. The highest BCUT2D eigenvalue weighted by Crippen LogP contribution is 2.54. The van der Waals surface area contributed by atoms with E-state index in [9.17, 15) is 0 Å². The highest BCUT2D eigenvalue weighted by Gasteiger charge is 2.59. The third-order valence-electron chi connectivity index (χ3n) is 4.78. The monoisotopic (exact) mass is 238 g/mol. The van der Waals surface area contributed by atoms with Crippen LogP contribution < -0.4 is 0 Å². The van der Waals surface area contributed by atoms with Crippen molar-refractivity contribution in [2.24, 2.45) is 5.92 Å². The molecule has 1 heterocycles. The van der Waals surface area contributed by atoms with E-state index < -0.39 is 0 Å². The van der Waals surface area contributed by atoms with Gasteiger partial charge in [-0.1, -0.05) is 32.6 Å². The van der Waals surface area contributed by atoms with Gasteiger partial charge in [-0.25, -0.2) is 0 Å². The molecule has 2 unspecified atom stereocenters. The molecule has 0 aromatic carbocycles. The zero-order valence-electron chi connectivity index (χ0n) is 12.1. The second kappa shape index (κ2) is 4.58. The molecule has 0 amide bonds. The van der Waals surface area contributed by atoms with Gasteiger partial charge in [0.1, 0.15) is 0 Å². The van der Waals surface area contributed by atoms with Crippen LogP contribution in [0.5, 0.6) is 0 Å². The molecule has 1 aliphatic heterocycles. The normalized spacial score (nSPS) is 34.1. The molecule has 3 heteroatoms. The van der Waals surface area contributed by atoms with Gasteiger partial charge in [-0.2, -0.15) is 0 Å². The molecule has 2 aliphatic rings. The Kier molecular flexibility index (Phi) is 3.62.